The van der Waals surface area contributed by atoms with Crippen LogP contribution in [0.5, 0.6) is 5.88 Å². The van der Waals surface area contributed by atoms with Crippen molar-refractivity contribution in [2.24, 2.45) is 0 Å². The normalized spacial score (nSPS) is 10.6. The Hall–Kier alpha value is -2.64. The molecule has 1 aromatic heterocycles. The molecule has 2 N–H and O–H groups in total. The van der Waals surface area contributed by atoms with Crippen molar-refractivity contribution < 1.29 is 23.9 Å². The summed E-state index contributed by atoms with van der Waals surface area (Å²) in [6, 6.07) is 2.37. The van der Waals surface area contributed by atoms with Crippen molar-refractivity contribution in [3.63, 3.8) is 0 Å². The van der Waals surface area contributed by atoms with Gasteiger partial charge >= 0.3 is 12.0 Å². The molecule has 1 aromatic rings. The lowest BCUT2D eigenvalue weighted by Gasteiger charge is -2.20. The molecule has 23 heavy (non-hydrogen) atoms. The second-order valence-corrected chi connectivity index (χ2v) is 5.62. The van der Waals surface area contributed by atoms with Gasteiger partial charge in [-0.15, -0.1) is 0 Å². The van der Waals surface area contributed by atoms with Crippen molar-refractivity contribution in [1.82, 2.24) is 15.6 Å². The molecule has 0 spiro atoms. The van der Waals surface area contributed by atoms with Gasteiger partial charge in [0.1, 0.15) is 5.56 Å². The monoisotopic (exact) mass is 323 g/mol. The quantitative estimate of drug-likeness (QED) is 0.790. The number of aromatic nitrogens is 1. The molecule has 0 atom stereocenters. The van der Waals surface area contributed by atoms with Crippen LogP contribution in [0.25, 0.3) is 0 Å². The molecule has 0 aliphatic carbocycles. The number of imide groups is 1. The summed E-state index contributed by atoms with van der Waals surface area (Å²) in [5.74, 6) is -1.36. The number of carbonyl (C=O) groups excluding carboxylic acids is 3. The zero-order valence-corrected chi connectivity index (χ0v) is 13.6. The number of ether oxygens (including phenoxy) is 2. The zero-order valence-electron chi connectivity index (χ0n) is 13.6. The van der Waals surface area contributed by atoms with Crippen molar-refractivity contribution in [3.05, 3.63) is 23.9 Å². The van der Waals surface area contributed by atoms with E-state index in [1.807, 2.05) is 0 Å². The van der Waals surface area contributed by atoms with Gasteiger partial charge in [-0.05, 0) is 39.8 Å². The van der Waals surface area contributed by atoms with Gasteiger partial charge in [-0.3, -0.25) is 10.1 Å². The molecule has 0 saturated heterocycles. The molecule has 126 valence electrons. The molecular formula is C15H21N3O5. The van der Waals surface area contributed by atoms with E-state index in [0.29, 0.717) is 6.61 Å². The van der Waals surface area contributed by atoms with Crippen molar-refractivity contribution in [3.8, 4) is 5.88 Å². The molecule has 0 fully saturated rings. The van der Waals surface area contributed by atoms with E-state index in [9.17, 15) is 14.4 Å². The highest BCUT2D eigenvalue weighted by Gasteiger charge is 2.19. The van der Waals surface area contributed by atoms with Gasteiger partial charge in [0.05, 0.1) is 6.61 Å². The minimum atomic E-state index is -0.757. The van der Waals surface area contributed by atoms with Crippen LogP contribution in [0.15, 0.2) is 18.3 Å². The minimum Gasteiger partial charge on any atom is -0.477 e. The molecule has 0 aliphatic heterocycles. The second kappa shape index (κ2) is 8.11. The van der Waals surface area contributed by atoms with Crippen LogP contribution in [-0.2, 0) is 9.53 Å². The summed E-state index contributed by atoms with van der Waals surface area (Å²) in [6.07, 6.45) is 1.48. The van der Waals surface area contributed by atoms with Crippen LogP contribution in [0.3, 0.4) is 0 Å². The van der Waals surface area contributed by atoms with Crippen LogP contribution in [0.4, 0.5) is 4.79 Å². The maximum Gasteiger partial charge on any atom is 0.344 e. The van der Waals surface area contributed by atoms with Gasteiger partial charge < -0.3 is 14.8 Å². The predicted octanol–water partition coefficient (Wildman–Crippen LogP) is 1.26. The van der Waals surface area contributed by atoms with E-state index in [0.717, 1.165) is 0 Å². The number of nitrogens with one attached hydrogen (secondary N) is 2. The number of hydrogen-bond acceptors (Lipinski definition) is 6. The molecular weight excluding hydrogens is 302 g/mol. The summed E-state index contributed by atoms with van der Waals surface area (Å²) in [5, 5.41) is 4.62. The Bertz CT molecular complexity index is 581. The van der Waals surface area contributed by atoms with Gasteiger partial charge in [0.15, 0.2) is 6.61 Å². The van der Waals surface area contributed by atoms with Crippen LogP contribution in [0.1, 0.15) is 38.1 Å². The first-order valence-corrected chi connectivity index (χ1v) is 7.10. The van der Waals surface area contributed by atoms with E-state index in [1.165, 1.54) is 12.3 Å². The average molecular weight is 323 g/mol. The lowest BCUT2D eigenvalue weighted by Crippen LogP contribution is -2.49. The Morgan fingerprint density at radius 3 is 2.57 bits per heavy atom. The van der Waals surface area contributed by atoms with E-state index in [2.05, 4.69) is 15.6 Å². The molecule has 0 bridgehead atoms. The third-order valence-electron chi connectivity index (χ3n) is 2.35. The van der Waals surface area contributed by atoms with Crippen molar-refractivity contribution in [1.29, 1.82) is 0 Å². The molecule has 3 amide bonds. The number of urea groups is 1. The number of rotatable bonds is 5. The zero-order chi connectivity index (χ0) is 17.5. The maximum atomic E-state index is 11.9. The molecule has 8 heteroatoms. The summed E-state index contributed by atoms with van der Waals surface area (Å²) in [5.41, 5.74) is -0.371. The second-order valence-electron chi connectivity index (χ2n) is 5.62. The van der Waals surface area contributed by atoms with Gasteiger partial charge in [0.25, 0.3) is 5.91 Å². The molecule has 0 radical (unpaired) electrons. The Labute approximate surface area is 134 Å². The third kappa shape index (κ3) is 6.77. The predicted molar refractivity (Wildman–Crippen MR) is 82.1 cm³/mol. The summed E-state index contributed by atoms with van der Waals surface area (Å²) < 4.78 is 10.1. The SMILES string of the molecule is CCOc1ncccc1C(=O)OCC(=O)NC(=O)NC(C)(C)C. The molecule has 0 aromatic carbocycles. The first kappa shape index (κ1) is 18.4. The fraction of sp³-hybridized carbons (Fsp3) is 0.467. The highest BCUT2D eigenvalue weighted by atomic mass is 16.5. The smallest absolute Gasteiger partial charge is 0.344 e. The van der Waals surface area contributed by atoms with E-state index < -0.39 is 30.1 Å². The van der Waals surface area contributed by atoms with Crippen LogP contribution in [0, 0.1) is 0 Å². The Morgan fingerprint density at radius 2 is 1.96 bits per heavy atom. The number of amides is 3. The first-order chi connectivity index (χ1) is 10.7. The molecule has 0 saturated carbocycles. The number of carbonyl (C=O) groups is 3. The van der Waals surface area contributed by atoms with E-state index in [1.54, 1.807) is 33.8 Å². The fourth-order valence-electron chi connectivity index (χ4n) is 1.54. The van der Waals surface area contributed by atoms with Crippen molar-refractivity contribution in [2.45, 2.75) is 33.2 Å². The van der Waals surface area contributed by atoms with Crippen LogP contribution in [0.2, 0.25) is 0 Å². The Kier molecular flexibility index (Phi) is 6.49. The standard InChI is InChI=1S/C15H21N3O5/c1-5-22-12-10(7-6-8-16-12)13(20)23-9-11(19)17-14(21)18-15(2,3)4/h6-8H,5,9H2,1-4H3,(H2,17,18,19,21). The first-order valence-electron chi connectivity index (χ1n) is 7.10. The summed E-state index contributed by atoms with van der Waals surface area (Å²) >= 11 is 0. The lowest BCUT2D eigenvalue weighted by molar-refractivity contribution is -0.123. The molecule has 0 aliphatic rings. The average Bonchev–Trinajstić information content (AvgIpc) is 2.43. The number of pyridine rings is 1. The highest BCUT2D eigenvalue weighted by Crippen LogP contribution is 2.15. The lowest BCUT2D eigenvalue weighted by atomic mass is 10.1. The summed E-state index contributed by atoms with van der Waals surface area (Å²) in [6.45, 7) is 6.82. The van der Waals surface area contributed by atoms with Gasteiger partial charge in [0.2, 0.25) is 5.88 Å². The van der Waals surface area contributed by atoms with E-state index in [4.69, 9.17) is 9.47 Å². The molecule has 0 unspecified atom stereocenters. The largest absolute Gasteiger partial charge is 0.477 e. The van der Waals surface area contributed by atoms with Gasteiger partial charge in [-0.1, -0.05) is 0 Å². The van der Waals surface area contributed by atoms with Gasteiger partial charge in [0, 0.05) is 11.7 Å². The van der Waals surface area contributed by atoms with E-state index in [-0.39, 0.29) is 11.4 Å². The van der Waals surface area contributed by atoms with Gasteiger partial charge in [-0.2, -0.15) is 0 Å². The summed E-state index contributed by atoms with van der Waals surface area (Å²) in [4.78, 5) is 39.0. The van der Waals surface area contributed by atoms with Crippen LogP contribution >= 0.6 is 0 Å². The van der Waals surface area contributed by atoms with Crippen molar-refractivity contribution >= 4 is 17.9 Å². The van der Waals surface area contributed by atoms with Crippen molar-refractivity contribution in [2.75, 3.05) is 13.2 Å². The molecule has 8 nitrogen and oxygen atoms in total. The Morgan fingerprint density at radius 1 is 1.26 bits per heavy atom. The third-order valence-corrected chi connectivity index (χ3v) is 2.35. The Balaban J connectivity index is 2.53. The maximum absolute atomic E-state index is 11.9. The number of hydrogen-bond donors (Lipinski definition) is 2. The topological polar surface area (TPSA) is 107 Å². The number of nitrogens with zero attached hydrogens (tertiary/aromatic N) is 1. The van der Waals surface area contributed by atoms with Crippen LogP contribution < -0.4 is 15.4 Å². The van der Waals surface area contributed by atoms with E-state index >= 15 is 0 Å². The summed E-state index contributed by atoms with van der Waals surface area (Å²) in [7, 11) is 0. The van der Waals surface area contributed by atoms with Crippen LogP contribution in [-0.4, -0.2) is 41.6 Å². The number of esters is 1. The molecule has 1 rings (SSSR count). The molecule has 1 heterocycles. The van der Waals surface area contributed by atoms with Gasteiger partial charge in [-0.25, -0.2) is 14.6 Å². The minimum absolute atomic E-state index is 0.112. The highest BCUT2D eigenvalue weighted by molar-refractivity contribution is 5.97. The fourth-order valence-corrected chi connectivity index (χ4v) is 1.54.